The van der Waals surface area contributed by atoms with Gasteiger partial charge in [0.05, 0.1) is 12.2 Å². The molecule has 6 nitrogen and oxygen atoms in total. The third-order valence-corrected chi connectivity index (χ3v) is 4.84. The van der Waals surface area contributed by atoms with E-state index in [1.54, 1.807) is 0 Å². The largest absolute Gasteiger partial charge is 0.455 e. The summed E-state index contributed by atoms with van der Waals surface area (Å²) in [6, 6.07) is 23.0. The van der Waals surface area contributed by atoms with E-state index in [-0.39, 0.29) is 5.91 Å². The lowest BCUT2D eigenvalue weighted by atomic mass is 10.2. The average Bonchev–Trinajstić information content (AvgIpc) is 2.77. The molecule has 1 amide bonds. The molecule has 0 saturated carbocycles. The van der Waals surface area contributed by atoms with E-state index in [2.05, 4.69) is 20.1 Å². The molecule has 1 saturated heterocycles. The fourth-order valence-corrected chi connectivity index (χ4v) is 3.34. The van der Waals surface area contributed by atoms with E-state index in [0.717, 1.165) is 37.7 Å². The highest BCUT2D eigenvalue weighted by Gasteiger charge is 2.20. The van der Waals surface area contributed by atoms with Crippen LogP contribution in [0.1, 0.15) is 0 Å². The second kappa shape index (κ2) is 9.21. The first kappa shape index (κ1) is 19.0. The Labute approximate surface area is 170 Å². The molecule has 1 N–H and O–H groups in total. The fourth-order valence-electron chi connectivity index (χ4n) is 3.34. The molecule has 0 spiro atoms. The fraction of sp³-hybridized carbons (Fsp3) is 0.217. The molecular weight excluding hydrogens is 364 g/mol. The van der Waals surface area contributed by atoms with Crippen LogP contribution in [0, 0.1) is 0 Å². The van der Waals surface area contributed by atoms with Gasteiger partial charge in [0.15, 0.2) is 5.75 Å². The predicted octanol–water partition coefficient (Wildman–Crippen LogP) is 3.63. The molecule has 0 bridgehead atoms. The number of ether oxygens (including phenoxy) is 1. The van der Waals surface area contributed by atoms with Crippen LogP contribution in [0.3, 0.4) is 0 Å². The summed E-state index contributed by atoms with van der Waals surface area (Å²) in [7, 11) is 0. The minimum atomic E-state index is -0.0413. The number of amides is 1. The van der Waals surface area contributed by atoms with Crippen LogP contribution in [0.4, 0.5) is 11.5 Å². The van der Waals surface area contributed by atoms with Crippen LogP contribution in [0.2, 0.25) is 0 Å². The summed E-state index contributed by atoms with van der Waals surface area (Å²) in [5.74, 6) is 2.32. The average molecular weight is 388 g/mol. The predicted molar refractivity (Wildman–Crippen MR) is 114 cm³/mol. The summed E-state index contributed by atoms with van der Waals surface area (Å²) < 4.78 is 5.92. The Morgan fingerprint density at radius 2 is 1.62 bits per heavy atom. The summed E-state index contributed by atoms with van der Waals surface area (Å²) in [6.45, 7) is 3.73. The highest BCUT2D eigenvalue weighted by molar-refractivity contribution is 5.93. The SMILES string of the molecule is O=C(CN1CCN(c2ccccn2)CC1)Nc1ccccc1Oc1ccccc1. The topological polar surface area (TPSA) is 57.7 Å². The molecule has 2 heterocycles. The molecule has 1 aliphatic heterocycles. The van der Waals surface area contributed by atoms with Gasteiger partial charge in [-0.2, -0.15) is 0 Å². The maximum absolute atomic E-state index is 12.6. The van der Waals surface area contributed by atoms with E-state index in [9.17, 15) is 4.79 Å². The minimum absolute atomic E-state index is 0.0413. The van der Waals surface area contributed by atoms with Crippen LogP contribution in [0.25, 0.3) is 0 Å². The number of hydrogen-bond donors (Lipinski definition) is 1. The number of pyridine rings is 1. The first-order valence-electron chi connectivity index (χ1n) is 9.78. The van der Waals surface area contributed by atoms with E-state index in [1.807, 2.05) is 79.0 Å². The van der Waals surface area contributed by atoms with Crippen molar-refractivity contribution < 1.29 is 9.53 Å². The van der Waals surface area contributed by atoms with Crippen molar-refractivity contribution in [2.45, 2.75) is 0 Å². The van der Waals surface area contributed by atoms with E-state index in [0.29, 0.717) is 18.0 Å². The molecule has 2 aromatic carbocycles. The summed E-state index contributed by atoms with van der Waals surface area (Å²) in [5.41, 5.74) is 0.675. The molecule has 1 aromatic heterocycles. The number of piperazine rings is 1. The van der Waals surface area contributed by atoms with Gasteiger partial charge in [-0.25, -0.2) is 4.98 Å². The smallest absolute Gasteiger partial charge is 0.238 e. The summed E-state index contributed by atoms with van der Waals surface area (Å²) in [6.07, 6.45) is 1.81. The van der Waals surface area contributed by atoms with Crippen LogP contribution in [0.5, 0.6) is 11.5 Å². The van der Waals surface area contributed by atoms with Crippen molar-refractivity contribution in [2.75, 3.05) is 42.9 Å². The number of rotatable bonds is 6. The zero-order valence-corrected chi connectivity index (χ0v) is 16.2. The second-order valence-corrected chi connectivity index (χ2v) is 6.91. The van der Waals surface area contributed by atoms with E-state index >= 15 is 0 Å². The molecule has 0 unspecified atom stereocenters. The Balaban J connectivity index is 1.31. The minimum Gasteiger partial charge on any atom is -0.455 e. The third kappa shape index (κ3) is 5.12. The van der Waals surface area contributed by atoms with Gasteiger partial charge >= 0.3 is 0 Å². The Morgan fingerprint density at radius 1 is 0.897 bits per heavy atom. The van der Waals surface area contributed by atoms with E-state index < -0.39 is 0 Å². The molecule has 0 aliphatic carbocycles. The molecule has 148 valence electrons. The highest BCUT2D eigenvalue weighted by Crippen LogP contribution is 2.29. The molecule has 1 aliphatic rings. The molecule has 0 radical (unpaired) electrons. The zero-order valence-electron chi connectivity index (χ0n) is 16.2. The Hall–Kier alpha value is -3.38. The number of nitrogens with one attached hydrogen (secondary N) is 1. The van der Waals surface area contributed by atoms with Gasteiger partial charge in [-0.15, -0.1) is 0 Å². The lowest BCUT2D eigenvalue weighted by Gasteiger charge is -2.34. The maximum atomic E-state index is 12.6. The Kier molecular flexibility index (Phi) is 6.02. The van der Waals surface area contributed by atoms with Crippen LogP contribution < -0.4 is 15.0 Å². The van der Waals surface area contributed by atoms with E-state index in [1.165, 1.54) is 0 Å². The third-order valence-electron chi connectivity index (χ3n) is 4.84. The number of carbonyl (C=O) groups excluding carboxylic acids is 1. The van der Waals surface area contributed by atoms with Crippen molar-refractivity contribution in [1.29, 1.82) is 0 Å². The standard InChI is InChI=1S/C23H24N4O2/c28-23(18-26-14-16-27(17-15-26)22-12-6-7-13-24-22)25-20-10-4-5-11-21(20)29-19-8-2-1-3-9-19/h1-13H,14-18H2,(H,25,28). The first-order valence-corrected chi connectivity index (χ1v) is 9.78. The van der Waals surface area contributed by atoms with Crippen molar-refractivity contribution in [3.05, 3.63) is 79.0 Å². The molecule has 3 aromatic rings. The Bertz CT molecular complexity index is 926. The van der Waals surface area contributed by atoms with E-state index in [4.69, 9.17) is 4.74 Å². The lowest BCUT2D eigenvalue weighted by molar-refractivity contribution is -0.117. The lowest BCUT2D eigenvalue weighted by Crippen LogP contribution is -2.48. The van der Waals surface area contributed by atoms with Crippen LogP contribution in [-0.4, -0.2) is 48.5 Å². The number of para-hydroxylation sites is 3. The van der Waals surface area contributed by atoms with Gasteiger partial charge in [0, 0.05) is 32.4 Å². The van der Waals surface area contributed by atoms with Gasteiger partial charge in [0.25, 0.3) is 0 Å². The summed E-state index contributed by atoms with van der Waals surface area (Å²) in [5, 5.41) is 2.99. The Morgan fingerprint density at radius 3 is 2.38 bits per heavy atom. The van der Waals surface area contributed by atoms with Crippen LogP contribution in [0.15, 0.2) is 79.0 Å². The number of hydrogen-bond acceptors (Lipinski definition) is 5. The van der Waals surface area contributed by atoms with Crippen molar-refractivity contribution in [1.82, 2.24) is 9.88 Å². The van der Waals surface area contributed by atoms with Gasteiger partial charge in [0.1, 0.15) is 11.6 Å². The number of anilines is 2. The van der Waals surface area contributed by atoms with Gasteiger partial charge < -0.3 is 15.0 Å². The summed E-state index contributed by atoms with van der Waals surface area (Å²) >= 11 is 0. The number of aromatic nitrogens is 1. The monoisotopic (exact) mass is 388 g/mol. The maximum Gasteiger partial charge on any atom is 0.238 e. The number of nitrogens with zero attached hydrogens (tertiary/aromatic N) is 3. The van der Waals surface area contributed by atoms with Crippen LogP contribution in [-0.2, 0) is 4.79 Å². The molecule has 4 rings (SSSR count). The second-order valence-electron chi connectivity index (χ2n) is 6.91. The van der Waals surface area contributed by atoms with Crippen molar-refractivity contribution in [2.24, 2.45) is 0 Å². The zero-order chi connectivity index (χ0) is 19.9. The van der Waals surface area contributed by atoms with Crippen molar-refractivity contribution in [3.63, 3.8) is 0 Å². The number of benzene rings is 2. The van der Waals surface area contributed by atoms with Crippen molar-refractivity contribution in [3.8, 4) is 11.5 Å². The summed E-state index contributed by atoms with van der Waals surface area (Å²) in [4.78, 5) is 21.4. The normalized spacial score (nSPS) is 14.4. The molecular formula is C23H24N4O2. The number of carbonyl (C=O) groups is 1. The van der Waals surface area contributed by atoms with Crippen molar-refractivity contribution >= 4 is 17.4 Å². The molecule has 0 atom stereocenters. The molecule has 6 heteroatoms. The van der Waals surface area contributed by atoms with Gasteiger partial charge in [-0.1, -0.05) is 36.4 Å². The first-order chi connectivity index (χ1) is 14.3. The van der Waals surface area contributed by atoms with Gasteiger partial charge in [-0.3, -0.25) is 9.69 Å². The molecule has 1 fully saturated rings. The quantitative estimate of drug-likeness (QED) is 0.699. The van der Waals surface area contributed by atoms with Gasteiger partial charge in [-0.05, 0) is 36.4 Å². The van der Waals surface area contributed by atoms with Crippen LogP contribution >= 0.6 is 0 Å². The van der Waals surface area contributed by atoms with Gasteiger partial charge in [0.2, 0.25) is 5.91 Å². The molecule has 29 heavy (non-hydrogen) atoms. The highest BCUT2D eigenvalue weighted by atomic mass is 16.5.